The molecule has 0 saturated carbocycles. The third kappa shape index (κ3) is 1.78. The van der Waals surface area contributed by atoms with Crippen molar-refractivity contribution in [2.24, 2.45) is 0 Å². The molecule has 0 amide bonds. The summed E-state index contributed by atoms with van der Waals surface area (Å²) in [6.45, 7) is 6.19. The maximum absolute atomic E-state index is 5.90. The molecule has 16 heavy (non-hydrogen) atoms. The highest BCUT2D eigenvalue weighted by Crippen LogP contribution is 2.20. The van der Waals surface area contributed by atoms with Gasteiger partial charge in [0.25, 0.3) is 0 Å². The zero-order valence-corrected chi connectivity index (χ0v) is 9.81. The first-order valence-corrected chi connectivity index (χ1v) is 5.36. The molecule has 2 rings (SSSR count). The van der Waals surface area contributed by atoms with Gasteiger partial charge in [-0.1, -0.05) is 19.9 Å². The van der Waals surface area contributed by atoms with Crippen molar-refractivity contribution < 1.29 is 0 Å². The van der Waals surface area contributed by atoms with E-state index in [1.807, 2.05) is 29.7 Å². The van der Waals surface area contributed by atoms with E-state index in [9.17, 15) is 0 Å². The zero-order chi connectivity index (χ0) is 11.7. The molecule has 0 aliphatic heterocycles. The lowest BCUT2D eigenvalue weighted by Gasteiger charge is -2.10. The molecule has 0 aliphatic rings. The molecule has 2 aromatic rings. The van der Waals surface area contributed by atoms with Crippen LogP contribution in [0.3, 0.4) is 0 Å². The van der Waals surface area contributed by atoms with Crippen LogP contribution < -0.4 is 5.73 Å². The molecule has 1 aromatic heterocycles. The number of aryl methyl sites for hydroxylation is 1. The van der Waals surface area contributed by atoms with Gasteiger partial charge in [-0.15, -0.1) is 10.2 Å². The number of benzene rings is 1. The van der Waals surface area contributed by atoms with Gasteiger partial charge in [-0.3, -0.25) is 4.57 Å². The summed E-state index contributed by atoms with van der Waals surface area (Å²) in [4.78, 5) is 0. The number of nitrogen functional groups attached to an aromatic ring is 1. The van der Waals surface area contributed by atoms with Crippen molar-refractivity contribution in [3.8, 4) is 5.69 Å². The van der Waals surface area contributed by atoms with E-state index in [0.29, 0.717) is 5.92 Å². The number of nitrogens with two attached hydrogens (primary N) is 1. The van der Waals surface area contributed by atoms with Crippen molar-refractivity contribution in [1.82, 2.24) is 14.8 Å². The summed E-state index contributed by atoms with van der Waals surface area (Å²) in [5.41, 5.74) is 8.79. The van der Waals surface area contributed by atoms with Crippen molar-refractivity contribution >= 4 is 5.69 Å². The smallest absolute Gasteiger partial charge is 0.139 e. The molecule has 0 unspecified atom stereocenters. The molecule has 1 heterocycles. The monoisotopic (exact) mass is 216 g/mol. The van der Waals surface area contributed by atoms with Gasteiger partial charge in [0.15, 0.2) is 0 Å². The van der Waals surface area contributed by atoms with Gasteiger partial charge in [0.05, 0.1) is 5.69 Å². The SMILES string of the molecule is Cc1ccc(-n2cnnc2C(C)C)cc1N. The Labute approximate surface area is 95.1 Å². The van der Waals surface area contributed by atoms with Crippen LogP contribution in [0.25, 0.3) is 5.69 Å². The fourth-order valence-corrected chi connectivity index (χ4v) is 1.61. The van der Waals surface area contributed by atoms with Crippen LogP contribution in [-0.4, -0.2) is 14.8 Å². The Morgan fingerprint density at radius 3 is 2.69 bits per heavy atom. The molecule has 1 aromatic carbocycles. The number of hydrogen-bond acceptors (Lipinski definition) is 3. The summed E-state index contributed by atoms with van der Waals surface area (Å²) in [6, 6.07) is 5.99. The molecule has 0 aliphatic carbocycles. The Bertz CT molecular complexity index is 499. The fraction of sp³-hybridized carbons (Fsp3) is 0.333. The molecule has 0 spiro atoms. The first-order valence-electron chi connectivity index (χ1n) is 5.36. The second-order valence-corrected chi connectivity index (χ2v) is 4.25. The van der Waals surface area contributed by atoms with Gasteiger partial charge in [0, 0.05) is 11.6 Å². The van der Waals surface area contributed by atoms with Gasteiger partial charge < -0.3 is 5.73 Å². The maximum atomic E-state index is 5.90. The van der Waals surface area contributed by atoms with E-state index in [-0.39, 0.29) is 0 Å². The minimum atomic E-state index is 0.338. The van der Waals surface area contributed by atoms with E-state index in [1.165, 1.54) is 0 Å². The molecular weight excluding hydrogens is 200 g/mol. The van der Waals surface area contributed by atoms with Crippen LogP contribution >= 0.6 is 0 Å². The highest BCUT2D eigenvalue weighted by Gasteiger charge is 2.10. The quantitative estimate of drug-likeness (QED) is 0.783. The van der Waals surface area contributed by atoms with Crippen LogP contribution in [0.2, 0.25) is 0 Å². The molecule has 84 valence electrons. The Balaban J connectivity index is 2.50. The van der Waals surface area contributed by atoms with Crippen LogP contribution in [0.1, 0.15) is 31.2 Å². The van der Waals surface area contributed by atoms with E-state index in [1.54, 1.807) is 6.33 Å². The molecule has 0 saturated heterocycles. The average molecular weight is 216 g/mol. The van der Waals surface area contributed by atoms with Crippen LogP contribution in [0.4, 0.5) is 5.69 Å². The van der Waals surface area contributed by atoms with Crippen LogP contribution in [-0.2, 0) is 0 Å². The van der Waals surface area contributed by atoms with Gasteiger partial charge in [-0.2, -0.15) is 0 Å². The van der Waals surface area contributed by atoms with E-state index in [2.05, 4.69) is 24.0 Å². The van der Waals surface area contributed by atoms with Gasteiger partial charge >= 0.3 is 0 Å². The molecule has 0 atom stereocenters. The van der Waals surface area contributed by atoms with E-state index >= 15 is 0 Å². The van der Waals surface area contributed by atoms with Crippen molar-refractivity contribution in [3.05, 3.63) is 35.9 Å². The topological polar surface area (TPSA) is 56.7 Å². The van der Waals surface area contributed by atoms with Gasteiger partial charge in [0.1, 0.15) is 12.2 Å². The normalized spacial score (nSPS) is 11.0. The van der Waals surface area contributed by atoms with Gasteiger partial charge in [0.2, 0.25) is 0 Å². The van der Waals surface area contributed by atoms with Gasteiger partial charge in [-0.25, -0.2) is 0 Å². The molecule has 2 N–H and O–H groups in total. The maximum Gasteiger partial charge on any atom is 0.139 e. The van der Waals surface area contributed by atoms with Gasteiger partial charge in [-0.05, 0) is 24.6 Å². The first-order chi connectivity index (χ1) is 7.59. The predicted molar refractivity (Wildman–Crippen MR) is 64.6 cm³/mol. The Morgan fingerprint density at radius 1 is 1.31 bits per heavy atom. The third-order valence-electron chi connectivity index (χ3n) is 2.63. The third-order valence-corrected chi connectivity index (χ3v) is 2.63. The first kappa shape index (κ1) is 10.7. The number of anilines is 1. The van der Waals surface area contributed by atoms with Crippen LogP contribution in [0, 0.1) is 6.92 Å². The second kappa shape index (κ2) is 3.96. The standard InChI is InChI=1S/C12H16N4/c1-8(2)12-15-14-7-16(12)10-5-4-9(3)11(13)6-10/h4-8H,13H2,1-3H3. The molecule has 0 radical (unpaired) electrons. The lowest BCUT2D eigenvalue weighted by atomic mass is 10.1. The van der Waals surface area contributed by atoms with Crippen molar-refractivity contribution in [2.45, 2.75) is 26.7 Å². The number of rotatable bonds is 2. The number of aromatic nitrogens is 3. The highest BCUT2D eigenvalue weighted by molar-refractivity contribution is 5.53. The molecular formula is C12H16N4. The summed E-state index contributed by atoms with van der Waals surface area (Å²) >= 11 is 0. The van der Waals surface area contributed by atoms with Crippen LogP contribution in [0.15, 0.2) is 24.5 Å². The van der Waals surface area contributed by atoms with E-state index in [0.717, 1.165) is 22.8 Å². The zero-order valence-electron chi connectivity index (χ0n) is 9.81. The predicted octanol–water partition coefficient (Wildman–Crippen LogP) is 2.28. The highest BCUT2D eigenvalue weighted by atomic mass is 15.3. The van der Waals surface area contributed by atoms with Crippen molar-refractivity contribution in [3.63, 3.8) is 0 Å². The fourth-order valence-electron chi connectivity index (χ4n) is 1.61. The Morgan fingerprint density at radius 2 is 2.06 bits per heavy atom. The van der Waals surface area contributed by atoms with Crippen molar-refractivity contribution in [2.75, 3.05) is 5.73 Å². The molecule has 4 heteroatoms. The second-order valence-electron chi connectivity index (χ2n) is 4.25. The Kier molecular flexibility index (Phi) is 2.64. The molecule has 0 bridgehead atoms. The van der Waals surface area contributed by atoms with E-state index < -0.39 is 0 Å². The lowest BCUT2D eigenvalue weighted by Crippen LogP contribution is -2.03. The summed E-state index contributed by atoms with van der Waals surface area (Å²) in [7, 11) is 0. The summed E-state index contributed by atoms with van der Waals surface area (Å²) < 4.78 is 1.97. The number of hydrogen-bond donors (Lipinski definition) is 1. The largest absolute Gasteiger partial charge is 0.398 e. The minimum Gasteiger partial charge on any atom is -0.398 e. The minimum absolute atomic E-state index is 0.338. The molecule has 0 fully saturated rings. The summed E-state index contributed by atoms with van der Waals surface area (Å²) in [6.07, 6.45) is 1.72. The van der Waals surface area contributed by atoms with Crippen LogP contribution in [0.5, 0.6) is 0 Å². The summed E-state index contributed by atoms with van der Waals surface area (Å²) in [5, 5.41) is 8.06. The Hall–Kier alpha value is -1.84. The lowest BCUT2D eigenvalue weighted by molar-refractivity contribution is 0.745. The number of nitrogens with zero attached hydrogens (tertiary/aromatic N) is 3. The average Bonchev–Trinajstić information content (AvgIpc) is 2.71. The van der Waals surface area contributed by atoms with Crippen molar-refractivity contribution in [1.29, 1.82) is 0 Å². The molecule has 4 nitrogen and oxygen atoms in total. The summed E-state index contributed by atoms with van der Waals surface area (Å²) in [5.74, 6) is 1.29. The van der Waals surface area contributed by atoms with E-state index in [4.69, 9.17) is 5.73 Å².